The molecule has 2 aromatic carbocycles. The van der Waals surface area contributed by atoms with Gasteiger partial charge in [0.1, 0.15) is 31.1 Å². The summed E-state index contributed by atoms with van der Waals surface area (Å²) in [5.41, 5.74) is 13.0. The molecule has 0 radical (unpaired) electrons. The van der Waals surface area contributed by atoms with Gasteiger partial charge in [-0.25, -0.2) is 4.98 Å². The maximum atomic E-state index is 14.0. The molecule has 3 amide bonds. The second-order valence-corrected chi connectivity index (χ2v) is 9.30. The summed E-state index contributed by atoms with van der Waals surface area (Å²) in [5.74, 6) is 0.295. The Hall–Kier alpha value is -4.34. The van der Waals surface area contributed by atoms with Crippen LogP contribution in [-0.4, -0.2) is 58.3 Å². The van der Waals surface area contributed by atoms with Gasteiger partial charge in [-0.3, -0.25) is 14.4 Å². The lowest BCUT2D eigenvalue weighted by molar-refractivity contribution is -0.148. The highest BCUT2D eigenvalue weighted by Crippen LogP contribution is 2.36. The lowest BCUT2D eigenvalue weighted by Crippen LogP contribution is -2.49. The number of amides is 3. The number of nitrogens with two attached hydrogens (primary N) is 2. The average molecular weight is 504 g/mol. The van der Waals surface area contributed by atoms with Gasteiger partial charge in [0.15, 0.2) is 11.5 Å². The van der Waals surface area contributed by atoms with Crippen LogP contribution in [0.5, 0.6) is 11.5 Å². The number of anilines is 1. The van der Waals surface area contributed by atoms with Crippen molar-refractivity contribution in [1.29, 1.82) is 0 Å². The molecule has 0 bridgehead atoms. The Kier molecular flexibility index (Phi) is 6.56. The van der Waals surface area contributed by atoms with Crippen molar-refractivity contribution in [2.75, 3.05) is 25.5 Å². The van der Waals surface area contributed by atoms with Gasteiger partial charge in [-0.2, -0.15) is 0 Å². The first-order valence-electron chi connectivity index (χ1n) is 12.2. The van der Waals surface area contributed by atoms with Crippen LogP contribution in [0.25, 0.3) is 10.8 Å². The van der Waals surface area contributed by atoms with Gasteiger partial charge in [0, 0.05) is 31.6 Å². The number of aromatic nitrogens is 1. The van der Waals surface area contributed by atoms with Crippen molar-refractivity contribution in [1.82, 2.24) is 14.8 Å². The molecule has 2 atom stereocenters. The Morgan fingerprint density at radius 3 is 2.65 bits per heavy atom. The maximum Gasteiger partial charge on any atom is 0.250 e. The van der Waals surface area contributed by atoms with E-state index in [9.17, 15) is 14.4 Å². The minimum absolute atomic E-state index is 0.160. The summed E-state index contributed by atoms with van der Waals surface area (Å²) in [4.78, 5) is 46.4. The molecule has 0 aliphatic carbocycles. The number of carbonyl (C=O) groups is 3. The van der Waals surface area contributed by atoms with E-state index in [4.69, 9.17) is 20.9 Å². The number of nitrogens with zero attached hydrogens (tertiary/aromatic N) is 3. The molecule has 10 heteroatoms. The minimum atomic E-state index is -0.994. The molecule has 2 aliphatic heterocycles. The predicted octanol–water partition coefficient (Wildman–Crippen LogP) is 2.15. The maximum absolute atomic E-state index is 14.0. The number of nitrogen functional groups attached to an aromatic ring is 1. The summed E-state index contributed by atoms with van der Waals surface area (Å²) in [7, 11) is 0. The summed E-state index contributed by atoms with van der Waals surface area (Å²) in [5, 5.41) is 1.69. The second kappa shape index (κ2) is 9.96. The fourth-order valence-electron chi connectivity index (χ4n) is 5.10. The second-order valence-electron chi connectivity index (χ2n) is 9.30. The molecule has 5 rings (SSSR count). The van der Waals surface area contributed by atoms with Gasteiger partial charge < -0.3 is 30.7 Å². The number of fused-ring (bicyclic) bond motifs is 2. The Labute approximate surface area is 214 Å². The molecule has 0 saturated carbocycles. The first kappa shape index (κ1) is 24.4. The molecule has 1 fully saturated rings. The van der Waals surface area contributed by atoms with Gasteiger partial charge in [0.25, 0.3) is 5.91 Å². The molecule has 0 spiro atoms. The van der Waals surface area contributed by atoms with Crippen LogP contribution in [0, 0.1) is 0 Å². The number of hydrogen-bond donors (Lipinski definition) is 2. The van der Waals surface area contributed by atoms with Crippen LogP contribution in [-0.2, 0) is 20.9 Å². The van der Waals surface area contributed by atoms with Gasteiger partial charge in [-0.1, -0.05) is 18.2 Å². The fourth-order valence-corrected chi connectivity index (χ4v) is 5.10. The summed E-state index contributed by atoms with van der Waals surface area (Å²) in [6.45, 7) is 2.80. The van der Waals surface area contributed by atoms with E-state index < -0.39 is 18.0 Å². The lowest BCUT2D eigenvalue weighted by Gasteiger charge is -2.35. The van der Waals surface area contributed by atoms with Crippen LogP contribution in [0.3, 0.4) is 0 Å². The number of rotatable bonds is 6. The average Bonchev–Trinajstić information content (AvgIpc) is 3.39. The van der Waals surface area contributed by atoms with E-state index >= 15 is 0 Å². The Bertz CT molecular complexity index is 1380. The molecule has 192 valence electrons. The van der Waals surface area contributed by atoms with Crippen LogP contribution in [0.2, 0.25) is 0 Å². The summed E-state index contributed by atoms with van der Waals surface area (Å²) in [6, 6.07) is 11.0. The summed E-state index contributed by atoms with van der Waals surface area (Å²) in [6.07, 6.45) is 2.78. The van der Waals surface area contributed by atoms with Crippen LogP contribution in [0.15, 0.2) is 48.7 Å². The van der Waals surface area contributed by atoms with Gasteiger partial charge in [-0.15, -0.1) is 0 Å². The van der Waals surface area contributed by atoms with Crippen LogP contribution < -0.4 is 20.9 Å². The highest BCUT2D eigenvalue weighted by molar-refractivity contribution is 5.93. The van der Waals surface area contributed by atoms with Crippen molar-refractivity contribution in [2.24, 2.45) is 5.73 Å². The zero-order valence-corrected chi connectivity index (χ0v) is 20.6. The first-order chi connectivity index (χ1) is 17.8. The van der Waals surface area contributed by atoms with E-state index in [0.29, 0.717) is 55.5 Å². The number of likely N-dealkylation sites (tertiary alicyclic amines) is 1. The molecular formula is C27H29N5O5. The van der Waals surface area contributed by atoms with Crippen molar-refractivity contribution in [3.05, 3.63) is 59.8 Å². The summed E-state index contributed by atoms with van der Waals surface area (Å²) >= 11 is 0. The fraction of sp³-hybridized carbons (Fsp3) is 0.333. The third-order valence-electron chi connectivity index (χ3n) is 6.91. The quantitative estimate of drug-likeness (QED) is 0.525. The number of benzene rings is 2. The van der Waals surface area contributed by atoms with E-state index in [1.807, 2.05) is 24.3 Å². The van der Waals surface area contributed by atoms with Gasteiger partial charge in [0.05, 0.1) is 0 Å². The smallest absolute Gasteiger partial charge is 0.250 e. The van der Waals surface area contributed by atoms with Gasteiger partial charge in [-0.05, 0) is 53.6 Å². The molecule has 2 aliphatic rings. The van der Waals surface area contributed by atoms with Crippen molar-refractivity contribution < 1.29 is 23.9 Å². The Morgan fingerprint density at radius 2 is 1.89 bits per heavy atom. The highest BCUT2D eigenvalue weighted by Gasteiger charge is 2.40. The molecule has 1 saturated heterocycles. The molecule has 37 heavy (non-hydrogen) atoms. The van der Waals surface area contributed by atoms with E-state index in [1.54, 1.807) is 24.4 Å². The normalized spacial score (nSPS) is 17.4. The zero-order chi connectivity index (χ0) is 26.1. The monoisotopic (exact) mass is 503 g/mol. The molecule has 1 aromatic heterocycles. The van der Waals surface area contributed by atoms with E-state index in [-0.39, 0.29) is 18.4 Å². The first-order valence-corrected chi connectivity index (χ1v) is 12.2. The standard InChI is InChI=1S/C27H29N5O5/c1-16(33)32(15-17-4-6-20-18(13-17)8-9-30-25(20)28)24(27(35)31-10-2-3-21(31)26(29)34)19-5-7-22-23(14-19)37-12-11-36-22/h4-9,13-14,21,24H,2-3,10-12,15H2,1H3,(H2,28,30)(H2,29,34)/t21-,24?/m0/s1. The van der Waals surface area contributed by atoms with Crippen molar-refractivity contribution in [3.63, 3.8) is 0 Å². The number of primary amides is 1. The van der Waals surface area contributed by atoms with Crippen LogP contribution in [0.4, 0.5) is 5.82 Å². The zero-order valence-electron chi connectivity index (χ0n) is 20.6. The van der Waals surface area contributed by atoms with Crippen molar-refractivity contribution in [2.45, 2.75) is 38.4 Å². The molecule has 10 nitrogen and oxygen atoms in total. The minimum Gasteiger partial charge on any atom is -0.486 e. The van der Waals surface area contributed by atoms with Gasteiger partial charge in [0.2, 0.25) is 11.8 Å². The largest absolute Gasteiger partial charge is 0.486 e. The number of ether oxygens (including phenoxy) is 2. The van der Waals surface area contributed by atoms with Crippen LogP contribution in [0.1, 0.15) is 36.9 Å². The van der Waals surface area contributed by atoms with Crippen molar-refractivity contribution >= 4 is 34.3 Å². The highest BCUT2D eigenvalue weighted by atomic mass is 16.6. The SMILES string of the molecule is CC(=O)N(Cc1ccc2c(N)nccc2c1)C(C(=O)N1CCC[C@H]1C(N)=O)c1ccc2c(c1)OCCO2. The molecule has 3 aromatic rings. The Balaban J connectivity index is 1.56. The number of hydrogen-bond acceptors (Lipinski definition) is 7. The van der Waals surface area contributed by atoms with E-state index in [2.05, 4.69) is 4.98 Å². The van der Waals surface area contributed by atoms with Gasteiger partial charge >= 0.3 is 0 Å². The molecule has 3 heterocycles. The third-order valence-corrected chi connectivity index (χ3v) is 6.91. The number of carbonyl (C=O) groups excluding carboxylic acids is 3. The summed E-state index contributed by atoms with van der Waals surface area (Å²) < 4.78 is 11.4. The third kappa shape index (κ3) is 4.74. The number of pyridine rings is 1. The predicted molar refractivity (Wildman–Crippen MR) is 136 cm³/mol. The Morgan fingerprint density at radius 1 is 1.11 bits per heavy atom. The molecule has 4 N–H and O–H groups in total. The van der Waals surface area contributed by atoms with Crippen LogP contribution >= 0.6 is 0 Å². The molecular weight excluding hydrogens is 474 g/mol. The topological polar surface area (TPSA) is 141 Å². The molecule has 1 unspecified atom stereocenters. The lowest BCUT2D eigenvalue weighted by atomic mass is 10.00. The van der Waals surface area contributed by atoms with Crippen molar-refractivity contribution in [3.8, 4) is 11.5 Å². The van der Waals surface area contributed by atoms with E-state index in [0.717, 1.165) is 16.3 Å². The van der Waals surface area contributed by atoms with E-state index in [1.165, 1.54) is 16.7 Å².